The normalized spacial score (nSPS) is 15.1. The second-order valence-corrected chi connectivity index (χ2v) is 6.82. The maximum Gasteiger partial charge on any atom is 0.297 e. The van der Waals surface area contributed by atoms with Crippen LogP contribution in [0.4, 0.5) is 17.1 Å². The summed E-state index contributed by atoms with van der Waals surface area (Å²) in [5.74, 6) is -0.354. The van der Waals surface area contributed by atoms with Crippen molar-refractivity contribution in [3.05, 3.63) is 64.5 Å². The Labute approximate surface area is 169 Å². The number of rotatable bonds is 7. The van der Waals surface area contributed by atoms with Gasteiger partial charge in [0.05, 0.1) is 28.3 Å². The Morgan fingerprint density at radius 2 is 2.07 bits per heavy atom. The molecule has 1 aliphatic rings. The summed E-state index contributed by atoms with van der Waals surface area (Å²) in [5, 5.41) is 14.5. The van der Waals surface area contributed by atoms with Gasteiger partial charge in [-0.15, -0.1) is 0 Å². The van der Waals surface area contributed by atoms with Crippen LogP contribution in [0.1, 0.15) is 45.7 Å². The van der Waals surface area contributed by atoms with Gasteiger partial charge in [0.25, 0.3) is 11.6 Å². The van der Waals surface area contributed by atoms with Crippen LogP contribution in [0.25, 0.3) is 5.69 Å². The molecule has 8 heteroatoms. The number of anilines is 2. The van der Waals surface area contributed by atoms with Crippen molar-refractivity contribution in [3.63, 3.8) is 0 Å². The molecule has 3 rings (SSSR count). The molecule has 0 saturated carbocycles. The number of aryl methyl sites for hydroxylation is 1. The Balaban J connectivity index is 2.19. The van der Waals surface area contributed by atoms with Crippen LogP contribution < -0.4 is 10.2 Å². The number of nitrogens with one attached hydrogen (secondary N) is 1. The van der Waals surface area contributed by atoms with E-state index in [1.54, 1.807) is 28.1 Å². The average Bonchev–Trinajstić information content (AvgIpc) is 3.16. The van der Waals surface area contributed by atoms with Crippen molar-refractivity contribution in [1.82, 2.24) is 9.55 Å². The molecule has 1 aromatic heterocycles. The third-order valence-electron chi connectivity index (χ3n) is 4.63. The molecule has 0 atom stereocenters. The minimum Gasteiger partial charge on any atom is -0.313 e. The van der Waals surface area contributed by atoms with Gasteiger partial charge in [-0.3, -0.25) is 14.9 Å². The molecule has 1 aromatic carbocycles. The summed E-state index contributed by atoms with van der Waals surface area (Å²) in [7, 11) is 0. The number of unbranched alkanes of at least 4 members (excludes halogenated alkanes) is 1. The van der Waals surface area contributed by atoms with Crippen molar-refractivity contribution in [1.29, 1.82) is 0 Å². The molecule has 1 amide bonds. The van der Waals surface area contributed by atoms with Gasteiger partial charge in [-0.05, 0) is 25.8 Å². The summed E-state index contributed by atoms with van der Waals surface area (Å²) in [6, 6.07) is 3.30. The van der Waals surface area contributed by atoms with Gasteiger partial charge < -0.3 is 14.8 Å². The Hall–Kier alpha value is -3.42. The van der Waals surface area contributed by atoms with Crippen LogP contribution >= 0.6 is 0 Å². The first-order chi connectivity index (χ1) is 14.0. The zero-order valence-corrected chi connectivity index (χ0v) is 16.9. The summed E-state index contributed by atoms with van der Waals surface area (Å²) in [6.07, 6.45) is 12.4. The molecule has 0 saturated heterocycles. The van der Waals surface area contributed by atoms with Crippen LogP contribution in [-0.4, -0.2) is 20.4 Å². The van der Waals surface area contributed by atoms with Gasteiger partial charge in [0.1, 0.15) is 11.4 Å². The first kappa shape index (κ1) is 20.3. The molecule has 1 N–H and O–H groups in total. The van der Waals surface area contributed by atoms with Crippen molar-refractivity contribution < 1.29 is 9.72 Å². The number of benzene rings is 1. The van der Waals surface area contributed by atoms with Crippen molar-refractivity contribution in [2.45, 2.75) is 46.5 Å². The lowest BCUT2D eigenvalue weighted by Crippen LogP contribution is -2.33. The van der Waals surface area contributed by atoms with E-state index in [0.717, 1.165) is 31.4 Å². The predicted molar refractivity (Wildman–Crippen MR) is 113 cm³/mol. The SMILES string of the molecule is C/C=C\N1/C(=C\CCC)C(=O)Nc2c1cc(-n1cnc(CCC)c1)cc2[N+](=O)[O-]. The molecule has 29 heavy (non-hydrogen) atoms. The number of carbonyl (C=O) groups excluding carboxylic acids is 1. The highest BCUT2D eigenvalue weighted by Crippen LogP contribution is 2.42. The lowest BCUT2D eigenvalue weighted by atomic mass is 10.1. The highest BCUT2D eigenvalue weighted by atomic mass is 16.6. The highest BCUT2D eigenvalue weighted by molar-refractivity contribution is 6.14. The number of hydrogen-bond donors (Lipinski definition) is 1. The van der Waals surface area contributed by atoms with E-state index < -0.39 is 4.92 Å². The highest BCUT2D eigenvalue weighted by Gasteiger charge is 2.32. The van der Waals surface area contributed by atoms with Crippen molar-refractivity contribution in [2.75, 3.05) is 10.2 Å². The molecule has 2 aromatic rings. The van der Waals surface area contributed by atoms with Crippen LogP contribution in [0.2, 0.25) is 0 Å². The smallest absolute Gasteiger partial charge is 0.297 e. The lowest BCUT2D eigenvalue weighted by molar-refractivity contribution is -0.383. The Morgan fingerprint density at radius 3 is 2.72 bits per heavy atom. The lowest BCUT2D eigenvalue weighted by Gasteiger charge is -2.30. The zero-order chi connectivity index (χ0) is 21.0. The van der Waals surface area contributed by atoms with E-state index in [2.05, 4.69) is 17.2 Å². The Bertz CT molecular complexity index is 990. The molecule has 152 valence electrons. The molecular formula is C21H25N5O3. The Kier molecular flexibility index (Phi) is 6.11. The van der Waals surface area contributed by atoms with Crippen molar-refractivity contribution in [3.8, 4) is 5.69 Å². The number of nitrogens with zero attached hydrogens (tertiary/aromatic N) is 4. The number of nitro groups is 1. The van der Waals surface area contributed by atoms with Gasteiger partial charge in [0.2, 0.25) is 0 Å². The molecule has 0 fully saturated rings. The molecule has 0 unspecified atom stereocenters. The molecule has 0 spiro atoms. The topological polar surface area (TPSA) is 93.3 Å². The van der Waals surface area contributed by atoms with E-state index in [4.69, 9.17) is 0 Å². The third kappa shape index (κ3) is 4.06. The van der Waals surface area contributed by atoms with E-state index in [9.17, 15) is 14.9 Å². The fourth-order valence-electron chi connectivity index (χ4n) is 3.30. The number of hydrogen-bond acceptors (Lipinski definition) is 5. The summed E-state index contributed by atoms with van der Waals surface area (Å²) in [4.78, 5) is 30.0. The van der Waals surface area contributed by atoms with Gasteiger partial charge in [-0.25, -0.2) is 4.98 Å². The van der Waals surface area contributed by atoms with E-state index in [1.807, 2.05) is 32.2 Å². The first-order valence-corrected chi connectivity index (χ1v) is 9.79. The maximum atomic E-state index is 12.7. The summed E-state index contributed by atoms with van der Waals surface area (Å²) < 4.78 is 1.78. The minimum atomic E-state index is -0.471. The quantitative estimate of drug-likeness (QED) is 0.416. The number of amides is 1. The van der Waals surface area contributed by atoms with E-state index in [0.29, 0.717) is 17.1 Å². The number of fused-ring (bicyclic) bond motifs is 1. The number of nitro benzene ring substituents is 1. The van der Waals surface area contributed by atoms with Crippen molar-refractivity contribution in [2.24, 2.45) is 0 Å². The van der Waals surface area contributed by atoms with Gasteiger partial charge in [-0.2, -0.15) is 0 Å². The molecule has 0 radical (unpaired) electrons. The molecule has 0 aliphatic carbocycles. The number of carbonyl (C=O) groups is 1. The fourth-order valence-corrected chi connectivity index (χ4v) is 3.30. The number of aromatic nitrogens is 2. The van der Waals surface area contributed by atoms with Crippen LogP contribution in [-0.2, 0) is 11.2 Å². The summed E-state index contributed by atoms with van der Waals surface area (Å²) in [6.45, 7) is 5.95. The van der Waals surface area contributed by atoms with Gasteiger partial charge in [0.15, 0.2) is 0 Å². The average molecular weight is 395 g/mol. The first-order valence-electron chi connectivity index (χ1n) is 9.79. The van der Waals surface area contributed by atoms with Crippen molar-refractivity contribution >= 4 is 23.0 Å². The summed E-state index contributed by atoms with van der Waals surface area (Å²) in [5.41, 5.74) is 2.60. The molecule has 2 heterocycles. The van der Waals surface area contributed by atoms with Gasteiger partial charge in [-0.1, -0.05) is 38.8 Å². The van der Waals surface area contributed by atoms with Gasteiger partial charge in [0, 0.05) is 18.5 Å². The molecule has 8 nitrogen and oxygen atoms in total. The van der Waals surface area contributed by atoms with Crippen LogP contribution in [0.15, 0.2) is 48.7 Å². The van der Waals surface area contributed by atoms with Crippen LogP contribution in [0.3, 0.4) is 0 Å². The molecular weight excluding hydrogens is 370 g/mol. The third-order valence-corrected chi connectivity index (χ3v) is 4.63. The molecule has 1 aliphatic heterocycles. The van der Waals surface area contributed by atoms with E-state index in [-0.39, 0.29) is 17.3 Å². The van der Waals surface area contributed by atoms with E-state index in [1.165, 1.54) is 6.07 Å². The second-order valence-electron chi connectivity index (χ2n) is 6.82. The van der Waals surface area contributed by atoms with Crippen LogP contribution in [0, 0.1) is 10.1 Å². The number of allylic oxidation sites excluding steroid dienone is 2. The van der Waals surface area contributed by atoms with Gasteiger partial charge >= 0.3 is 0 Å². The number of imidazole rings is 1. The van der Waals surface area contributed by atoms with E-state index >= 15 is 0 Å². The second kappa shape index (κ2) is 8.72. The van der Waals surface area contributed by atoms with Crippen LogP contribution in [0.5, 0.6) is 0 Å². The summed E-state index contributed by atoms with van der Waals surface area (Å²) >= 11 is 0. The molecule has 0 bridgehead atoms. The fraction of sp³-hybridized carbons (Fsp3) is 0.333. The predicted octanol–water partition coefficient (Wildman–Crippen LogP) is 4.71. The monoisotopic (exact) mass is 395 g/mol. The Morgan fingerprint density at radius 1 is 1.28 bits per heavy atom. The maximum absolute atomic E-state index is 12.7. The largest absolute Gasteiger partial charge is 0.313 e. The standard InChI is InChI=1S/C21H25N5O3/c1-4-7-9-17-21(27)23-20-18(25(17)10-6-3)11-16(12-19(20)26(28)29)24-13-15(8-5-2)22-14-24/h6,9-14H,4-5,7-8H2,1-3H3,(H,23,27)/b10-6-,17-9-. The zero-order valence-electron chi connectivity index (χ0n) is 16.9. The minimum absolute atomic E-state index is 0.152.